The first-order valence-corrected chi connectivity index (χ1v) is 4.96. The Balaban J connectivity index is 2.24. The summed E-state index contributed by atoms with van der Waals surface area (Å²) in [5, 5.41) is 0.988. The van der Waals surface area contributed by atoms with Crippen LogP contribution in [0.25, 0.3) is 11.0 Å². The van der Waals surface area contributed by atoms with Crippen molar-refractivity contribution < 1.29 is 9.53 Å². The Morgan fingerprint density at radius 2 is 2.50 bits per heavy atom. The summed E-state index contributed by atoms with van der Waals surface area (Å²) >= 11 is 0. The zero-order valence-electron chi connectivity index (χ0n) is 8.93. The van der Waals surface area contributed by atoms with Crippen molar-refractivity contribution in [2.45, 2.75) is 12.5 Å². The van der Waals surface area contributed by atoms with Crippen LogP contribution in [0.2, 0.25) is 0 Å². The van der Waals surface area contributed by atoms with Gasteiger partial charge in [0.25, 0.3) is 0 Å². The van der Waals surface area contributed by atoms with E-state index >= 15 is 0 Å². The predicted octanol–water partition coefficient (Wildman–Crippen LogP) is 0.606. The maximum Gasteiger partial charge on any atom is 0.322 e. The van der Waals surface area contributed by atoms with E-state index in [1.165, 1.54) is 7.11 Å². The van der Waals surface area contributed by atoms with Crippen LogP contribution in [0.1, 0.15) is 5.56 Å². The first-order chi connectivity index (χ1) is 7.72. The van der Waals surface area contributed by atoms with E-state index in [1.807, 2.05) is 18.3 Å². The van der Waals surface area contributed by atoms with Crippen LogP contribution < -0.4 is 5.73 Å². The van der Waals surface area contributed by atoms with E-state index in [0.29, 0.717) is 6.42 Å². The Morgan fingerprint density at radius 3 is 3.25 bits per heavy atom. The first kappa shape index (κ1) is 10.6. The summed E-state index contributed by atoms with van der Waals surface area (Å²) in [6.45, 7) is 0. The number of methoxy groups -OCH3 is 1. The maximum atomic E-state index is 11.2. The van der Waals surface area contributed by atoms with Gasteiger partial charge in [-0.1, -0.05) is 0 Å². The lowest BCUT2D eigenvalue weighted by molar-refractivity contribution is -0.142. The average Bonchev–Trinajstić information content (AvgIpc) is 2.72. The summed E-state index contributed by atoms with van der Waals surface area (Å²) in [6, 6.07) is 3.16. The molecule has 5 heteroatoms. The molecule has 5 nitrogen and oxygen atoms in total. The fourth-order valence-corrected chi connectivity index (χ4v) is 1.65. The molecule has 0 aliphatic carbocycles. The van der Waals surface area contributed by atoms with Crippen LogP contribution in [0, 0.1) is 0 Å². The number of nitrogens with two attached hydrogens (primary N) is 1. The number of aromatic nitrogens is 2. The largest absolute Gasteiger partial charge is 0.468 e. The molecule has 16 heavy (non-hydrogen) atoms. The molecule has 0 aliphatic rings. The third-order valence-electron chi connectivity index (χ3n) is 2.48. The maximum absolute atomic E-state index is 11.2. The van der Waals surface area contributed by atoms with Gasteiger partial charge in [-0.15, -0.1) is 0 Å². The van der Waals surface area contributed by atoms with Crippen LogP contribution in [0.15, 0.2) is 24.5 Å². The average molecular weight is 219 g/mol. The minimum atomic E-state index is -0.635. The number of H-pyrrole nitrogens is 1. The monoisotopic (exact) mass is 219 g/mol. The van der Waals surface area contributed by atoms with Crippen molar-refractivity contribution in [3.63, 3.8) is 0 Å². The Labute approximate surface area is 92.6 Å². The van der Waals surface area contributed by atoms with Gasteiger partial charge in [-0.3, -0.25) is 4.79 Å². The van der Waals surface area contributed by atoms with Crippen LogP contribution >= 0.6 is 0 Å². The highest BCUT2D eigenvalue weighted by atomic mass is 16.5. The quantitative estimate of drug-likeness (QED) is 0.741. The second-order valence-corrected chi connectivity index (χ2v) is 3.55. The molecular formula is C11H13N3O2. The van der Waals surface area contributed by atoms with Gasteiger partial charge >= 0.3 is 5.97 Å². The summed E-state index contributed by atoms with van der Waals surface area (Å²) in [5.41, 5.74) is 7.47. The molecule has 0 radical (unpaired) electrons. The standard InChI is InChI=1S/C11H13N3O2/c1-16-11(15)9(12)5-7-6-14-10-8(7)3-2-4-13-10/h2-4,6,9H,5,12H2,1H3,(H,13,14). The van der Waals surface area contributed by atoms with Crippen LogP contribution in [0.3, 0.4) is 0 Å². The summed E-state index contributed by atoms with van der Waals surface area (Å²) in [6.07, 6.45) is 3.97. The molecule has 0 spiro atoms. The molecule has 2 aromatic heterocycles. The number of ether oxygens (including phenoxy) is 1. The number of hydrogen-bond acceptors (Lipinski definition) is 4. The summed E-state index contributed by atoms with van der Waals surface area (Å²) in [4.78, 5) is 18.4. The Morgan fingerprint density at radius 1 is 1.69 bits per heavy atom. The molecule has 2 heterocycles. The number of hydrogen-bond donors (Lipinski definition) is 2. The van der Waals surface area contributed by atoms with Crippen molar-refractivity contribution >= 4 is 17.0 Å². The van der Waals surface area contributed by atoms with Gasteiger partial charge in [0.2, 0.25) is 0 Å². The molecule has 0 saturated carbocycles. The lowest BCUT2D eigenvalue weighted by Gasteiger charge is -2.07. The molecule has 0 saturated heterocycles. The highest BCUT2D eigenvalue weighted by Crippen LogP contribution is 2.16. The topological polar surface area (TPSA) is 81.0 Å². The van der Waals surface area contributed by atoms with Gasteiger partial charge in [0, 0.05) is 24.2 Å². The first-order valence-electron chi connectivity index (χ1n) is 4.96. The highest BCUT2D eigenvalue weighted by Gasteiger charge is 2.16. The van der Waals surface area contributed by atoms with Gasteiger partial charge < -0.3 is 15.5 Å². The van der Waals surface area contributed by atoms with E-state index in [-0.39, 0.29) is 0 Å². The molecular weight excluding hydrogens is 206 g/mol. The van der Waals surface area contributed by atoms with Gasteiger partial charge in [0.05, 0.1) is 7.11 Å². The lowest BCUT2D eigenvalue weighted by Crippen LogP contribution is -2.33. The van der Waals surface area contributed by atoms with E-state index in [0.717, 1.165) is 16.6 Å². The van der Waals surface area contributed by atoms with Crippen molar-refractivity contribution in [2.24, 2.45) is 5.73 Å². The zero-order chi connectivity index (χ0) is 11.5. The van der Waals surface area contributed by atoms with Crippen molar-refractivity contribution in [3.8, 4) is 0 Å². The van der Waals surface area contributed by atoms with Crippen LogP contribution in [-0.2, 0) is 16.0 Å². The zero-order valence-corrected chi connectivity index (χ0v) is 8.93. The normalized spacial score (nSPS) is 12.6. The minimum absolute atomic E-state index is 0.404. The number of nitrogens with one attached hydrogen (secondary N) is 1. The fourth-order valence-electron chi connectivity index (χ4n) is 1.65. The molecule has 2 rings (SSSR count). The van der Waals surface area contributed by atoms with E-state index in [2.05, 4.69) is 14.7 Å². The second-order valence-electron chi connectivity index (χ2n) is 3.55. The van der Waals surface area contributed by atoms with Crippen LogP contribution in [0.5, 0.6) is 0 Å². The number of pyridine rings is 1. The van der Waals surface area contributed by atoms with Crippen molar-refractivity contribution in [1.82, 2.24) is 9.97 Å². The highest BCUT2D eigenvalue weighted by molar-refractivity contribution is 5.81. The molecule has 0 fully saturated rings. The van der Waals surface area contributed by atoms with Gasteiger partial charge in [-0.25, -0.2) is 4.98 Å². The van der Waals surface area contributed by atoms with Gasteiger partial charge in [-0.2, -0.15) is 0 Å². The third-order valence-corrected chi connectivity index (χ3v) is 2.48. The molecule has 3 N–H and O–H groups in total. The summed E-state index contributed by atoms with van der Waals surface area (Å²) < 4.78 is 4.58. The van der Waals surface area contributed by atoms with Crippen molar-refractivity contribution in [3.05, 3.63) is 30.1 Å². The summed E-state index contributed by atoms with van der Waals surface area (Å²) in [5.74, 6) is -0.404. The Hall–Kier alpha value is -1.88. The second kappa shape index (κ2) is 4.32. The van der Waals surface area contributed by atoms with Gasteiger partial charge in [0.1, 0.15) is 11.7 Å². The molecule has 0 aromatic carbocycles. The Kier molecular flexibility index (Phi) is 2.87. The number of carbonyl (C=O) groups excluding carboxylic acids is 1. The fraction of sp³-hybridized carbons (Fsp3) is 0.273. The number of rotatable bonds is 3. The summed E-state index contributed by atoms with van der Waals surface area (Å²) in [7, 11) is 1.33. The molecule has 1 atom stereocenters. The number of esters is 1. The van der Waals surface area contributed by atoms with E-state index in [9.17, 15) is 4.79 Å². The van der Waals surface area contributed by atoms with Crippen LogP contribution in [-0.4, -0.2) is 29.1 Å². The minimum Gasteiger partial charge on any atom is -0.468 e. The number of aromatic amines is 1. The SMILES string of the molecule is COC(=O)C(N)Cc1c[nH]c2ncccc12. The lowest BCUT2D eigenvalue weighted by atomic mass is 10.1. The van der Waals surface area contributed by atoms with E-state index in [1.54, 1.807) is 6.20 Å². The molecule has 2 aromatic rings. The van der Waals surface area contributed by atoms with Gasteiger partial charge in [0.15, 0.2) is 0 Å². The third kappa shape index (κ3) is 1.90. The molecule has 84 valence electrons. The molecule has 0 amide bonds. The van der Waals surface area contributed by atoms with Crippen LogP contribution in [0.4, 0.5) is 0 Å². The van der Waals surface area contributed by atoms with E-state index in [4.69, 9.17) is 5.73 Å². The van der Waals surface area contributed by atoms with Crippen molar-refractivity contribution in [2.75, 3.05) is 7.11 Å². The van der Waals surface area contributed by atoms with E-state index < -0.39 is 12.0 Å². The number of nitrogens with zero attached hydrogens (tertiary/aromatic N) is 1. The number of carbonyl (C=O) groups is 1. The van der Waals surface area contributed by atoms with Gasteiger partial charge in [-0.05, 0) is 17.7 Å². The smallest absolute Gasteiger partial charge is 0.322 e. The number of fused-ring (bicyclic) bond motifs is 1. The Bertz CT molecular complexity index is 507. The van der Waals surface area contributed by atoms with Crippen molar-refractivity contribution in [1.29, 1.82) is 0 Å². The molecule has 0 bridgehead atoms. The predicted molar refractivity (Wildman–Crippen MR) is 59.8 cm³/mol. The molecule has 0 aliphatic heterocycles. The molecule has 1 unspecified atom stereocenters.